The lowest BCUT2D eigenvalue weighted by atomic mass is 10.1. The second kappa shape index (κ2) is 5.53. The Morgan fingerprint density at radius 1 is 1.26 bits per heavy atom. The molecule has 1 saturated carbocycles. The fourth-order valence-corrected chi connectivity index (χ4v) is 2.20. The first-order valence-corrected chi connectivity index (χ1v) is 6.82. The van der Waals surface area contributed by atoms with Crippen LogP contribution in [0.3, 0.4) is 0 Å². The molecule has 3 rings (SSSR count). The maximum absolute atomic E-state index is 12.9. The summed E-state index contributed by atoms with van der Waals surface area (Å²) in [6.45, 7) is 1.98. The van der Waals surface area contributed by atoms with E-state index in [0.29, 0.717) is 0 Å². The standard InChI is InChI=1S/C15H18FN3/c16-13-4-2-12(3-5-13)15-10-17-11-19(15)9-1-8-18-14-6-7-14/h2-5,10-11,14,18H,1,6-9H2. The lowest BCUT2D eigenvalue weighted by Crippen LogP contribution is -2.18. The number of nitrogens with one attached hydrogen (secondary N) is 1. The second-order valence-corrected chi connectivity index (χ2v) is 5.06. The molecule has 0 aliphatic heterocycles. The van der Waals surface area contributed by atoms with Crippen molar-refractivity contribution in [3.05, 3.63) is 42.6 Å². The van der Waals surface area contributed by atoms with Gasteiger partial charge in [-0.05, 0) is 55.6 Å². The molecule has 0 atom stereocenters. The maximum Gasteiger partial charge on any atom is 0.123 e. The zero-order chi connectivity index (χ0) is 13.1. The van der Waals surface area contributed by atoms with Crippen LogP contribution in [0.25, 0.3) is 11.3 Å². The monoisotopic (exact) mass is 259 g/mol. The van der Waals surface area contributed by atoms with Gasteiger partial charge in [0.05, 0.1) is 18.2 Å². The first-order valence-electron chi connectivity index (χ1n) is 6.82. The van der Waals surface area contributed by atoms with Crippen molar-refractivity contribution in [3.8, 4) is 11.3 Å². The summed E-state index contributed by atoms with van der Waals surface area (Å²) in [6, 6.07) is 7.33. The van der Waals surface area contributed by atoms with Crippen LogP contribution < -0.4 is 5.32 Å². The van der Waals surface area contributed by atoms with E-state index in [1.165, 1.54) is 25.0 Å². The number of hydrogen-bond acceptors (Lipinski definition) is 2. The summed E-state index contributed by atoms with van der Waals surface area (Å²) >= 11 is 0. The van der Waals surface area contributed by atoms with Crippen LogP contribution in [0.5, 0.6) is 0 Å². The number of aromatic nitrogens is 2. The molecule has 0 spiro atoms. The first-order chi connectivity index (χ1) is 9.33. The van der Waals surface area contributed by atoms with Gasteiger partial charge in [-0.25, -0.2) is 9.37 Å². The van der Waals surface area contributed by atoms with Crippen molar-refractivity contribution < 1.29 is 4.39 Å². The van der Waals surface area contributed by atoms with Gasteiger partial charge in [0.15, 0.2) is 0 Å². The molecule has 100 valence electrons. The molecular formula is C15H18FN3. The maximum atomic E-state index is 12.9. The Morgan fingerprint density at radius 2 is 2.05 bits per heavy atom. The Bertz CT molecular complexity index is 529. The quantitative estimate of drug-likeness (QED) is 0.808. The van der Waals surface area contributed by atoms with E-state index in [2.05, 4.69) is 14.9 Å². The summed E-state index contributed by atoms with van der Waals surface area (Å²) in [4.78, 5) is 4.20. The van der Waals surface area contributed by atoms with Gasteiger partial charge in [0.1, 0.15) is 5.82 Å². The highest BCUT2D eigenvalue weighted by atomic mass is 19.1. The fourth-order valence-electron chi connectivity index (χ4n) is 2.20. The van der Waals surface area contributed by atoms with Gasteiger partial charge in [-0.2, -0.15) is 0 Å². The summed E-state index contributed by atoms with van der Waals surface area (Å²) in [6.07, 6.45) is 7.41. The molecule has 1 aromatic carbocycles. The van der Waals surface area contributed by atoms with Crippen LogP contribution in [-0.4, -0.2) is 22.1 Å². The minimum absolute atomic E-state index is 0.205. The number of nitrogens with zero attached hydrogens (tertiary/aromatic N) is 2. The van der Waals surface area contributed by atoms with Gasteiger partial charge in [0.25, 0.3) is 0 Å². The normalized spacial score (nSPS) is 14.8. The number of benzene rings is 1. The molecule has 1 aromatic heterocycles. The smallest absolute Gasteiger partial charge is 0.123 e. The molecule has 1 heterocycles. The third-order valence-electron chi connectivity index (χ3n) is 3.44. The van der Waals surface area contributed by atoms with Crippen molar-refractivity contribution in [1.82, 2.24) is 14.9 Å². The van der Waals surface area contributed by atoms with E-state index in [1.54, 1.807) is 12.1 Å². The fraction of sp³-hybridized carbons (Fsp3) is 0.400. The van der Waals surface area contributed by atoms with E-state index in [4.69, 9.17) is 0 Å². The molecule has 0 unspecified atom stereocenters. The van der Waals surface area contributed by atoms with Crippen LogP contribution in [0.4, 0.5) is 4.39 Å². The molecule has 19 heavy (non-hydrogen) atoms. The summed E-state index contributed by atoms with van der Waals surface area (Å²) < 4.78 is 15.1. The van der Waals surface area contributed by atoms with Gasteiger partial charge >= 0.3 is 0 Å². The summed E-state index contributed by atoms with van der Waals surface area (Å²) in [5.41, 5.74) is 2.06. The third kappa shape index (κ3) is 3.20. The van der Waals surface area contributed by atoms with Gasteiger partial charge in [-0.1, -0.05) is 0 Å². The predicted molar refractivity (Wildman–Crippen MR) is 73.3 cm³/mol. The molecule has 2 aromatic rings. The largest absolute Gasteiger partial charge is 0.331 e. The van der Waals surface area contributed by atoms with Crippen molar-refractivity contribution in [1.29, 1.82) is 0 Å². The molecular weight excluding hydrogens is 241 g/mol. The van der Waals surface area contributed by atoms with Gasteiger partial charge in [-0.3, -0.25) is 0 Å². The number of halogens is 1. The number of hydrogen-bond donors (Lipinski definition) is 1. The molecule has 0 amide bonds. The minimum atomic E-state index is -0.205. The Labute approximate surface area is 112 Å². The van der Waals surface area contributed by atoms with E-state index in [1.807, 2.05) is 12.5 Å². The highest BCUT2D eigenvalue weighted by molar-refractivity contribution is 5.58. The molecule has 1 fully saturated rings. The highest BCUT2D eigenvalue weighted by Crippen LogP contribution is 2.20. The van der Waals surface area contributed by atoms with Gasteiger partial charge in [0.2, 0.25) is 0 Å². The molecule has 1 N–H and O–H groups in total. The Hall–Kier alpha value is -1.68. The van der Waals surface area contributed by atoms with E-state index >= 15 is 0 Å². The van der Waals surface area contributed by atoms with Crippen LogP contribution in [0.15, 0.2) is 36.8 Å². The Kier molecular flexibility index (Phi) is 3.60. The second-order valence-electron chi connectivity index (χ2n) is 5.06. The molecule has 0 bridgehead atoms. The zero-order valence-corrected chi connectivity index (χ0v) is 10.8. The lowest BCUT2D eigenvalue weighted by Gasteiger charge is -2.08. The molecule has 1 aliphatic carbocycles. The van der Waals surface area contributed by atoms with Crippen molar-refractivity contribution >= 4 is 0 Å². The number of imidazole rings is 1. The zero-order valence-electron chi connectivity index (χ0n) is 10.8. The summed E-state index contributed by atoms with van der Waals surface area (Å²) in [7, 11) is 0. The van der Waals surface area contributed by atoms with Crippen molar-refractivity contribution in [2.24, 2.45) is 0 Å². The number of aryl methyl sites for hydroxylation is 1. The molecule has 0 radical (unpaired) electrons. The van der Waals surface area contributed by atoms with E-state index in [0.717, 1.165) is 36.8 Å². The average Bonchev–Trinajstić information content (AvgIpc) is 3.13. The molecule has 0 saturated heterocycles. The molecule has 1 aliphatic rings. The minimum Gasteiger partial charge on any atom is -0.331 e. The molecule has 4 heteroatoms. The Morgan fingerprint density at radius 3 is 2.79 bits per heavy atom. The van der Waals surface area contributed by atoms with Crippen LogP contribution in [0, 0.1) is 5.82 Å². The SMILES string of the molecule is Fc1ccc(-c2cncn2CCCNC2CC2)cc1. The predicted octanol–water partition coefficient (Wildman–Crippen LogP) is 2.83. The average molecular weight is 259 g/mol. The van der Waals surface area contributed by atoms with Gasteiger partial charge in [0, 0.05) is 12.6 Å². The topological polar surface area (TPSA) is 29.9 Å². The van der Waals surface area contributed by atoms with Crippen molar-refractivity contribution in [3.63, 3.8) is 0 Å². The van der Waals surface area contributed by atoms with Crippen LogP contribution >= 0.6 is 0 Å². The van der Waals surface area contributed by atoms with Crippen molar-refractivity contribution in [2.45, 2.75) is 31.8 Å². The number of rotatable bonds is 6. The van der Waals surface area contributed by atoms with Crippen LogP contribution in [0.2, 0.25) is 0 Å². The Balaban J connectivity index is 1.62. The van der Waals surface area contributed by atoms with E-state index < -0.39 is 0 Å². The van der Waals surface area contributed by atoms with E-state index in [9.17, 15) is 4.39 Å². The van der Waals surface area contributed by atoms with E-state index in [-0.39, 0.29) is 5.82 Å². The summed E-state index contributed by atoms with van der Waals surface area (Å²) in [5, 5.41) is 3.50. The third-order valence-corrected chi connectivity index (χ3v) is 3.44. The molecule has 3 nitrogen and oxygen atoms in total. The van der Waals surface area contributed by atoms with Crippen LogP contribution in [-0.2, 0) is 6.54 Å². The van der Waals surface area contributed by atoms with Crippen LogP contribution in [0.1, 0.15) is 19.3 Å². The lowest BCUT2D eigenvalue weighted by molar-refractivity contribution is 0.581. The summed E-state index contributed by atoms with van der Waals surface area (Å²) in [5.74, 6) is -0.205. The first kappa shape index (κ1) is 12.4. The van der Waals surface area contributed by atoms with Gasteiger partial charge < -0.3 is 9.88 Å². The highest BCUT2D eigenvalue weighted by Gasteiger charge is 2.19. The van der Waals surface area contributed by atoms with Gasteiger partial charge in [-0.15, -0.1) is 0 Å². The van der Waals surface area contributed by atoms with Crippen molar-refractivity contribution in [2.75, 3.05) is 6.54 Å².